The Bertz CT molecular complexity index is 846. The van der Waals surface area contributed by atoms with Gasteiger partial charge in [0.15, 0.2) is 0 Å². The summed E-state index contributed by atoms with van der Waals surface area (Å²) in [6.07, 6.45) is 1.87. The van der Waals surface area contributed by atoms with Crippen molar-refractivity contribution in [2.75, 3.05) is 6.61 Å². The molecule has 208 valence electrons. The van der Waals surface area contributed by atoms with Crippen molar-refractivity contribution in [1.82, 2.24) is 10.2 Å². The summed E-state index contributed by atoms with van der Waals surface area (Å²) >= 11 is 0. The molecule has 1 fully saturated rings. The highest BCUT2D eigenvalue weighted by Gasteiger charge is 2.56. The number of carbonyl (C=O) groups is 4. The maximum absolute atomic E-state index is 13.5. The summed E-state index contributed by atoms with van der Waals surface area (Å²) in [6.45, 7) is 25.1. The van der Waals surface area contributed by atoms with Gasteiger partial charge in [-0.2, -0.15) is 0 Å². The van der Waals surface area contributed by atoms with Crippen LogP contribution in [-0.4, -0.2) is 51.7 Å². The highest BCUT2D eigenvalue weighted by atomic mass is 16.5. The molecule has 1 N–H and O–H groups in total. The fourth-order valence-corrected chi connectivity index (χ4v) is 4.35. The Morgan fingerprint density at radius 2 is 1.47 bits per heavy atom. The summed E-state index contributed by atoms with van der Waals surface area (Å²) in [6, 6.07) is 0. The monoisotopic (exact) mass is 508 g/mol. The predicted molar refractivity (Wildman–Crippen MR) is 143 cm³/mol. The molecule has 0 aromatic heterocycles. The number of ether oxygens (including phenoxy) is 1. The Morgan fingerprint density at radius 3 is 1.92 bits per heavy atom. The first-order valence-corrected chi connectivity index (χ1v) is 13.3. The van der Waals surface area contributed by atoms with Gasteiger partial charge in [0.25, 0.3) is 0 Å². The molecule has 0 saturated carbocycles. The number of Topliss-reactive ketones (excluding diaryl/α,β-unsaturated/α-hetero) is 1. The van der Waals surface area contributed by atoms with Crippen LogP contribution < -0.4 is 5.32 Å². The molecule has 0 aliphatic carbocycles. The molecule has 0 aromatic rings. The molecule has 7 heteroatoms. The van der Waals surface area contributed by atoms with Gasteiger partial charge in [0.2, 0.25) is 17.7 Å². The average Bonchev–Trinajstić information content (AvgIpc) is 3.00. The number of amides is 3. The Balaban J connectivity index is 2.85. The fourth-order valence-electron chi connectivity index (χ4n) is 4.35. The van der Waals surface area contributed by atoms with Crippen molar-refractivity contribution in [2.24, 2.45) is 22.7 Å². The van der Waals surface area contributed by atoms with E-state index in [1.54, 1.807) is 27.7 Å². The molecule has 7 nitrogen and oxygen atoms in total. The number of hydrogen-bond donors (Lipinski definition) is 1. The maximum Gasteiger partial charge on any atom is 0.233 e. The van der Waals surface area contributed by atoms with Crippen LogP contribution in [0.25, 0.3) is 0 Å². The van der Waals surface area contributed by atoms with Crippen molar-refractivity contribution < 1.29 is 23.9 Å². The highest BCUT2D eigenvalue weighted by molar-refractivity contribution is 6.05. The molecule has 1 heterocycles. The smallest absolute Gasteiger partial charge is 0.233 e. The average molecular weight is 509 g/mol. The van der Waals surface area contributed by atoms with E-state index in [1.807, 2.05) is 62.3 Å². The predicted octanol–water partition coefficient (Wildman–Crippen LogP) is 5.30. The lowest BCUT2D eigenvalue weighted by molar-refractivity contribution is -0.155. The molecule has 1 aliphatic heterocycles. The second kappa shape index (κ2) is 10.9. The summed E-state index contributed by atoms with van der Waals surface area (Å²) in [4.78, 5) is 53.0. The quantitative estimate of drug-likeness (QED) is 0.361. The topological polar surface area (TPSA) is 92.8 Å². The summed E-state index contributed by atoms with van der Waals surface area (Å²) in [5.74, 6) is -0.795. The standard InChI is InChI=1S/C29H52N2O5/c1-19(2)21(32)14-15-27(8,9)36-17-16-26(6,7)30-24(35)28(10,11)29(12,13)31-22(33)18-20(23(31)34)25(3,4)5/h19-20H,14-18H2,1-13H3,(H,30,35). The second-order valence-electron chi connectivity index (χ2n) is 14.2. The molecular weight excluding hydrogens is 456 g/mol. The van der Waals surface area contributed by atoms with Gasteiger partial charge in [-0.15, -0.1) is 0 Å². The zero-order chi connectivity index (χ0) is 28.5. The van der Waals surface area contributed by atoms with Crippen molar-refractivity contribution in [3.8, 4) is 0 Å². The van der Waals surface area contributed by atoms with Crippen LogP contribution >= 0.6 is 0 Å². The Hall–Kier alpha value is -1.76. The van der Waals surface area contributed by atoms with Gasteiger partial charge in [0.05, 0.1) is 22.5 Å². The van der Waals surface area contributed by atoms with Gasteiger partial charge >= 0.3 is 0 Å². The Morgan fingerprint density at radius 1 is 0.944 bits per heavy atom. The van der Waals surface area contributed by atoms with Crippen LogP contribution in [0.1, 0.15) is 116 Å². The van der Waals surface area contributed by atoms with E-state index in [0.717, 1.165) is 0 Å². The summed E-state index contributed by atoms with van der Waals surface area (Å²) in [7, 11) is 0. The van der Waals surface area contributed by atoms with Crippen LogP contribution in [0.3, 0.4) is 0 Å². The first kappa shape index (κ1) is 32.3. The van der Waals surface area contributed by atoms with Crippen LogP contribution in [0.4, 0.5) is 0 Å². The van der Waals surface area contributed by atoms with Crippen molar-refractivity contribution in [3.63, 3.8) is 0 Å². The first-order valence-electron chi connectivity index (χ1n) is 13.3. The van der Waals surface area contributed by atoms with Crippen LogP contribution in [0, 0.1) is 22.7 Å². The molecule has 1 saturated heterocycles. The largest absolute Gasteiger partial charge is 0.375 e. The van der Waals surface area contributed by atoms with Gasteiger partial charge in [0, 0.05) is 30.9 Å². The van der Waals surface area contributed by atoms with Crippen molar-refractivity contribution in [3.05, 3.63) is 0 Å². The number of ketones is 1. The minimum atomic E-state index is -1.03. The summed E-state index contributed by atoms with van der Waals surface area (Å²) < 4.78 is 6.08. The van der Waals surface area contributed by atoms with E-state index in [2.05, 4.69) is 5.32 Å². The first-order chi connectivity index (χ1) is 16.0. The molecule has 1 aliphatic rings. The lowest BCUT2D eigenvalue weighted by atomic mass is 9.71. The van der Waals surface area contributed by atoms with E-state index >= 15 is 0 Å². The molecule has 1 rings (SSSR count). The van der Waals surface area contributed by atoms with Gasteiger partial charge in [-0.1, -0.05) is 34.6 Å². The van der Waals surface area contributed by atoms with Gasteiger partial charge in [-0.05, 0) is 73.6 Å². The van der Waals surface area contributed by atoms with Crippen molar-refractivity contribution >= 4 is 23.5 Å². The minimum absolute atomic E-state index is 0.0213. The molecule has 0 spiro atoms. The number of nitrogens with one attached hydrogen (secondary N) is 1. The van der Waals surface area contributed by atoms with Crippen LogP contribution in [0.15, 0.2) is 0 Å². The van der Waals surface area contributed by atoms with Gasteiger partial charge in [-0.3, -0.25) is 24.1 Å². The molecule has 3 amide bonds. The molecule has 0 aromatic carbocycles. The fraction of sp³-hybridized carbons (Fsp3) is 0.862. The van der Waals surface area contributed by atoms with E-state index in [4.69, 9.17) is 4.74 Å². The van der Waals surface area contributed by atoms with Crippen LogP contribution in [0.5, 0.6) is 0 Å². The SMILES string of the molecule is CC(C)C(=O)CCC(C)(C)OCCC(C)(C)NC(=O)C(C)(C)C(C)(C)N1C(=O)CC(C(C)(C)C)C1=O. The highest BCUT2D eigenvalue weighted by Crippen LogP contribution is 2.44. The van der Waals surface area contributed by atoms with E-state index in [9.17, 15) is 19.2 Å². The summed E-state index contributed by atoms with van der Waals surface area (Å²) in [5, 5.41) is 3.13. The normalized spacial score (nSPS) is 18.3. The Labute approximate surface area is 219 Å². The van der Waals surface area contributed by atoms with Crippen LogP contribution in [-0.2, 0) is 23.9 Å². The number of rotatable bonds is 12. The third-order valence-corrected chi connectivity index (χ3v) is 8.14. The lowest BCUT2D eigenvalue weighted by Crippen LogP contribution is -2.63. The van der Waals surface area contributed by atoms with E-state index in [1.165, 1.54) is 4.90 Å². The van der Waals surface area contributed by atoms with Gasteiger partial charge < -0.3 is 10.1 Å². The maximum atomic E-state index is 13.5. The molecule has 0 radical (unpaired) electrons. The zero-order valence-corrected chi connectivity index (χ0v) is 25.2. The van der Waals surface area contributed by atoms with Gasteiger partial charge in [-0.25, -0.2) is 0 Å². The number of likely N-dealkylation sites (tertiary alicyclic amines) is 1. The summed E-state index contributed by atoms with van der Waals surface area (Å²) in [5.41, 5.74) is -3.38. The second-order valence-corrected chi connectivity index (χ2v) is 14.2. The minimum Gasteiger partial charge on any atom is -0.375 e. The van der Waals surface area contributed by atoms with Gasteiger partial charge in [0.1, 0.15) is 5.78 Å². The molecule has 1 atom stereocenters. The number of nitrogens with zero attached hydrogens (tertiary/aromatic N) is 1. The molecule has 0 bridgehead atoms. The third-order valence-electron chi connectivity index (χ3n) is 8.14. The number of imide groups is 1. The number of hydrogen-bond acceptors (Lipinski definition) is 5. The molecule has 1 unspecified atom stereocenters. The van der Waals surface area contributed by atoms with E-state index in [0.29, 0.717) is 25.9 Å². The van der Waals surface area contributed by atoms with Crippen molar-refractivity contribution in [2.45, 2.75) is 132 Å². The third kappa shape index (κ3) is 7.62. The lowest BCUT2D eigenvalue weighted by Gasteiger charge is -2.47. The number of carbonyl (C=O) groups excluding carboxylic acids is 4. The van der Waals surface area contributed by atoms with E-state index < -0.39 is 28.0 Å². The van der Waals surface area contributed by atoms with Crippen LogP contribution in [0.2, 0.25) is 0 Å². The zero-order valence-electron chi connectivity index (χ0n) is 25.2. The van der Waals surface area contributed by atoms with Crippen molar-refractivity contribution in [1.29, 1.82) is 0 Å². The molecule has 36 heavy (non-hydrogen) atoms. The molecular formula is C29H52N2O5. The van der Waals surface area contributed by atoms with E-state index in [-0.39, 0.29) is 41.3 Å². The Kier molecular flexibility index (Phi) is 9.79.